The van der Waals surface area contributed by atoms with Crippen LogP contribution in [-0.2, 0) is 0 Å². The quantitative estimate of drug-likeness (QED) is 0.773. The van der Waals surface area contributed by atoms with Crippen molar-refractivity contribution >= 4 is 11.5 Å². The number of hydrogen-bond acceptors (Lipinski definition) is 3. The lowest BCUT2D eigenvalue weighted by Gasteiger charge is -2.22. The van der Waals surface area contributed by atoms with Gasteiger partial charge in [-0.2, -0.15) is 0 Å². The summed E-state index contributed by atoms with van der Waals surface area (Å²) in [6, 6.07) is 8.16. The van der Waals surface area contributed by atoms with Crippen LogP contribution in [0.5, 0.6) is 0 Å². The highest BCUT2D eigenvalue weighted by Gasteiger charge is 2.19. The van der Waals surface area contributed by atoms with Crippen molar-refractivity contribution in [3.63, 3.8) is 0 Å². The van der Waals surface area contributed by atoms with Crippen molar-refractivity contribution in [2.75, 3.05) is 5.32 Å². The highest BCUT2D eigenvalue weighted by atomic mass is 15.2. The fourth-order valence-corrected chi connectivity index (χ4v) is 2.33. The molecule has 3 aromatic rings. The zero-order valence-corrected chi connectivity index (χ0v) is 12.9. The molecule has 0 bridgehead atoms. The van der Waals surface area contributed by atoms with E-state index in [9.17, 15) is 0 Å². The Morgan fingerprint density at radius 2 is 2.00 bits per heavy atom. The van der Waals surface area contributed by atoms with Crippen molar-refractivity contribution in [2.45, 2.75) is 33.2 Å². The molecule has 0 saturated carbocycles. The molecule has 4 heteroatoms. The third-order valence-electron chi connectivity index (χ3n) is 3.21. The van der Waals surface area contributed by atoms with Crippen LogP contribution in [-0.4, -0.2) is 19.9 Å². The Bertz CT molecular complexity index is 767. The number of rotatable bonds is 2. The number of aryl methyl sites for hydroxylation is 1. The Hall–Kier alpha value is -2.36. The summed E-state index contributed by atoms with van der Waals surface area (Å²) in [7, 11) is 0. The molecule has 0 unspecified atom stereocenters. The van der Waals surface area contributed by atoms with Gasteiger partial charge in [-0.15, -0.1) is 0 Å². The molecule has 21 heavy (non-hydrogen) atoms. The number of anilines is 1. The van der Waals surface area contributed by atoms with E-state index in [0.717, 1.165) is 22.7 Å². The molecule has 0 amide bonds. The van der Waals surface area contributed by atoms with E-state index in [2.05, 4.69) is 60.7 Å². The highest BCUT2D eigenvalue weighted by molar-refractivity contribution is 5.76. The molecule has 3 heterocycles. The third kappa shape index (κ3) is 2.75. The van der Waals surface area contributed by atoms with Gasteiger partial charge in [-0.25, -0.2) is 4.98 Å². The summed E-state index contributed by atoms with van der Waals surface area (Å²) in [6.45, 7) is 8.52. The highest BCUT2D eigenvalue weighted by Crippen LogP contribution is 2.30. The van der Waals surface area contributed by atoms with E-state index in [0.29, 0.717) is 0 Å². The number of nitrogens with one attached hydrogen (secondary N) is 1. The van der Waals surface area contributed by atoms with Crippen molar-refractivity contribution in [2.24, 2.45) is 0 Å². The summed E-state index contributed by atoms with van der Waals surface area (Å²) >= 11 is 0. The van der Waals surface area contributed by atoms with E-state index in [1.807, 2.05) is 18.3 Å². The first kappa shape index (κ1) is 13.6. The third-order valence-corrected chi connectivity index (χ3v) is 3.21. The van der Waals surface area contributed by atoms with Gasteiger partial charge >= 0.3 is 0 Å². The monoisotopic (exact) mass is 280 g/mol. The fourth-order valence-electron chi connectivity index (χ4n) is 2.33. The predicted octanol–water partition coefficient (Wildman–Crippen LogP) is 3.92. The topological polar surface area (TPSA) is 42.2 Å². The van der Waals surface area contributed by atoms with Crippen LogP contribution in [0.4, 0.5) is 5.82 Å². The van der Waals surface area contributed by atoms with Crippen LogP contribution in [0, 0.1) is 6.92 Å². The molecule has 0 aliphatic rings. The molecule has 4 nitrogen and oxygen atoms in total. The van der Waals surface area contributed by atoms with E-state index >= 15 is 0 Å². The second-order valence-electron chi connectivity index (χ2n) is 6.36. The van der Waals surface area contributed by atoms with Gasteiger partial charge in [-0.1, -0.05) is 0 Å². The lowest BCUT2D eigenvalue weighted by Crippen LogP contribution is -2.27. The van der Waals surface area contributed by atoms with Crippen molar-refractivity contribution in [3.8, 4) is 11.3 Å². The smallest absolute Gasteiger partial charge is 0.139 e. The fraction of sp³-hybridized carbons (Fsp3) is 0.294. The van der Waals surface area contributed by atoms with Gasteiger partial charge in [0.2, 0.25) is 0 Å². The normalized spacial score (nSPS) is 11.8. The van der Waals surface area contributed by atoms with Crippen LogP contribution in [0.25, 0.3) is 16.9 Å². The molecular formula is C17H20N4. The van der Waals surface area contributed by atoms with Gasteiger partial charge in [0.25, 0.3) is 0 Å². The first-order valence-corrected chi connectivity index (χ1v) is 7.11. The largest absolute Gasteiger partial charge is 0.365 e. The SMILES string of the molecule is Cc1ccn2c(NC(C)(C)C)c(-c3cccnc3)nc2c1. The Labute approximate surface area is 124 Å². The molecule has 0 fully saturated rings. The molecule has 0 saturated heterocycles. The van der Waals surface area contributed by atoms with E-state index in [4.69, 9.17) is 4.98 Å². The predicted molar refractivity (Wildman–Crippen MR) is 86.5 cm³/mol. The van der Waals surface area contributed by atoms with Crippen molar-refractivity contribution in [1.82, 2.24) is 14.4 Å². The summed E-state index contributed by atoms with van der Waals surface area (Å²) in [5.41, 5.74) is 4.06. The minimum absolute atomic E-state index is 0.0438. The lowest BCUT2D eigenvalue weighted by atomic mass is 10.1. The van der Waals surface area contributed by atoms with Gasteiger partial charge in [-0.05, 0) is 57.5 Å². The van der Waals surface area contributed by atoms with Gasteiger partial charge in [0, 0.05) is 29.7 Å². The van der Waals surface area contributed by atoms with Crippen molar-refractivity contribution in [1.29, 1.82) is 0 Å². The molecule has 0 aliphatic carbocycles. The maximum Gasteiger partial charge on any atom is 0.139 e. The zero-order chi connectivity index (χ0) is 15.0. The molecule has 0 radical (unpaired) electrons. The minimum atomic E-state index is -0.0438. The minimum Gasteiger partial charge on any atom is -0.365 e. The summed E-state index contributed by atoms with van der Waals surface area (Å²) < 4.78 is 2.10. The van der Waals surface area contributed by atoms with Gasteiger partial charge in [0.05, 0.1) is 0 Å². The maximum absolute atomic E-state index is 4.79. The van der Waals surface area contributed by atoms with Crippen LogP contribution in [0.1, 0.15) is 26.3 Å². The van der Waals surface area contributed by atoms with Crippen molar-refractivity contribution in [3.05, 3.63) is 48.4 Å². The van der Waals surface area contributed by atoms with E-state index in [1.54, 1.807) is 6.20 Å². The Balaban J connectivity index is 2.25. The Morgan fingerprint density at radius 3 is 2.67 bits per heavy atom. The average Bonchev–Trinajstić information content (AvgIpc) is 2.76. The molecule has 3 rings (SSSR count). The van der Waals surface area contributed by atoms with Gasteiger partial charge in [0.1, 0.15) is 17.2 Å². The van der Waals surface area contributed by atoms with E-state index < -0.39 is 0 Å². The molecule has 0 aliphatic heterocycles. The van der Waals surface area contributed by atoms with E-state index in [-0.39, 0.29) is 5.54 Å². The number of hydrogen-bond donors (Lipinski definition) is 1. The molecular weight excluding hydrogens is 260 g/mol. The second kappa shape index (κ2) is 4.88. The maximum atomic E-state index is 4.79. The summed E-state index contributed by atoms with van der Waals surface area (Å²) in [4.78, 5) is 9.00. The first-order valence-electron chi connectivity index (χ1n) is 7.11. The molecule has 3 aromatic heterocycles. The van der Waals surface area contributed by atoms with Crippen LogP contribution in [0.15, 0.2) is 42.9 Å². The number of fused-ring (bicyclic) bond motifs is 1. The standard InChI is InChI=1S/C17H20N4/c1-12-7-9-21-14(10-12)19-15(13-6-5-8-18-11-13)16(21)20-17(2,3)4/h5-11,20H,1-4H3. The molecule has 1 N–H and O–H groups in total. The number of pyridine rings is 2. The van der Waals surface area contributed by atoms with Crippen LogP contribution in [0.2, 0.25) is 0 Å². The summed E-state index contributed by atoms with van der Waals surface area (Å²) in [6.07, 6.45) is 5.69. The zero-order valence-electron chi connectivity index (χ0n) is 12.9. The molecule has 0 atom stereocenters. The van der Waals surface area contributed by atoms with Crippen molar-refractivity contribution < 1.29 is 0 Å². The number of imidazole rings is 1. The van der Waals surface area contributed by atoms with Crippen LogP contribution < -0.4 is 5.32 Å². The lowest BCUT2D eigenvalue weighted by molar-refractivity contribution is 0.629. The summed E-state index contributed by atoms with van der Waals surface area (Å²) in [5.74, 6) is 1.01. The van der Waals surface area contributed by atoms with E-state index in [1.165, 1.54) is 5.56 Å². The number of aromatic nitrogens is 3. The molecule has 0 aromatic carbocycles. The second-order valence-corrected chi connectivity index (χ2v) is 6.36. The molecule has 108 valence electrons. The Kier molecular flexibility index (Phi) is 3.16. The van der Waals surface area contributed by atoms with Gasteiger partial charge in [0.15, 0.2) is 0 Å². The van der Waals surface area contributed by atoms with Crippen LogP contribution >= 0.6 is 0 Å². The number of nitrogens with zero attached hydrogens (tertiary/aromatic N) is 3. The van der Waals surface area contributed by atoms with Gasteiger partial charge < -0.3 is 5.32 Å². The Morgan fingerprint density at radius 1 is 1.19 bits per heavy atom. The average molecular weight is 280 g/mol. The molecule has 0 spiro atoms. The first-order chi connectivity index (χ1) is 9.94. The summed E-state index contributed by atoms with van der Waals surface area (Å²) in [5, 5.41) is 3.56. The van der Waals surface area contributed by atoms with Gasteiger partial charge in [-0.3, -0.25) is 9.38 Å². The van der Waals surface area contributed by atoms with Crippen LogP contribution in [0.3, 0.4) is 0 Å².